The molecule has 0 aliphatic carbocycles. The highest BCUT2D eigenvalue weighted by molar-refractivity contribution is 6.34. The maximum Gasteiger partial charge on any atom is 0.154 e. The average molecular weight is 498 g/mol. The number of rotatable bonds is 8. The average Bonchev–Trinajstić information content (AvgIpc) is 3.10. The van der Waals surface area contributed by atoms with Gasteiger partial charge in [-0.2, -0.15) is 0 Å². The monoisotopic (exact) mass is 497 g/mol. The molecule has 1 fully saturated rings. The van der Waals surface area contributed by atoms with Gasteiger partial charge in [0, 0.05) is 44.3 Å². The van der Waals surface area contributed by atoms with Crippen LogP contribution in [0.25, 0.3) is 0 Å². The van der Waals surface area contributed by atoms with E-state index in [9.17, 15) is 0 Å². The van der Waals surface area contributed by atoms with Crippen molar-refractivity contribution < 1.29 is 4.74 Å². The molecular formula is C26H29Cl2N5O. The number of ether oxygens (including phenoxy) is 1. The van der Waals surface area contributed by atoms with Crippen LogP contribution in [-0.2, 0) is 13.1 Å². The highest BCUT2D eigenvalue weighted by Gasteiger charge is 2.22. The van der Waals surface area contributed by atoms with E-state index in [4.69, 9.17) is 27.9 Å². The predicted molar refractivity (Wildman–Crippen MR) is 142 cm³/mol. The van der Waals surface area contributed by atoms with Crippen LogP contribution in [0, 0.1) is 0 Å². The SMILES string of the molecule is C=Nc1c(NCc2ccc(OC)cc2)ncc(Cl)c1N1CCCN(Cc2ccc(Cl)cc2)CC1. The molecule has 0 saturated carbocycles. The van der Waals surface area contributed by atoms with Gasteiger partial charge >= 0.3 is 0 Å². The van der Waals surface area contributed by atoms with Crippen LogP contribution < -0.4 is 15.0 Å². The lowest BCUT2D eigenvalue weighted by atomic mass is 10.2. The van der Waals surface area contributed by atoms with Gasteiger partial charge in [0.1, 0.15) is 11.4 Å². The summed E-state index contributed by atoms with van der Waals surface area (Å²) in [6, 6.07) is 16.0. The number of benzene rings is 2. The van der Waals surface area contributed by atoms with Gasteiger partial charge in [-0.25, -0.2) is 4.98 Å². The van der Waals surface area contributed by atoms with E-state index in [2.05, 4.69) is 43.9 Å². The number of anilines is 2. The van der Waals surface area contributed by atoms with Crippen LogP contribution >= 0.6 is 23.2 Å². The number of hydrogen-bond donors (Lipinski definition) is 1. The van der Waals surface area contributed by atoms with E-state index in [1.807, 2.05) is 36.4 Å². The quantitative estimate of drug-likeness (QED) is 0.383. The fraction of sp³-hybridized carbons (Fsp3) is 0.308. The van der Waals surface area contributed by atoms with E-state index in [1.54, 1.807) is 13.3 Å². The molecule has 0 spiro atoms. The van der Waals surface area contributed by atoms with Crippen molar-refractivity contribution in [3.8, 4) is 5.75 Å². The highest BCUT2D eigenvalue weighted by atomic mass is 35.5. The van der Waals surface area contributed by atoms with Crippen molar-refractivity contribution in [1.29, 1.82) is 0 Å². The van der Waals surface area contributed by atoms with Crippen LogP contribution in [0.5, 0.6) is 5.75 Å². The molecule has 2 heterocycles. The molecule has 0 radical (unpaired) electrons. The third kappa shape index (κ3) is 6.00. The number of halogens is 2. The van der Waals surface area contributed by atoms with Gasteiger partial charge in [0.2, 0.25) is 0 Å². The van der Waals surface area contributed by atoms with E-state index in [0.717, 1.165) is 61.2 Å². The summed E-state index contributed by atoms with van der Waals surface area (Å²) in [4.78, 5) is 13.6. The van der Waals surface area contributed by atoms with Crippen molar-refractivity contribution >= 4 is 47.1 Å². The number of aromatic nitrogens is 1. The van der Waals surface area contributed by atoms with Gasteiger partial charge in [-0.15, -0.1) is 0 Å². The molecule has 0 bridgehead atoms. The van der Waals surface area contributed by atoms with Crippen molar-refractivity contribution in [3.63, 3.8) is 0 Å². The lowest BCUT2D eigenvalue weighted by Gasteiger charge is -2.26. The normalized spacial score (nSPS) is 14.5. The van der Waals surface area contributed by atoms with E-state index >= 15 is 0 Å². The molecule has 1 aromatic heterocycles. The Hall–Kier alpha value is -2.80. The van der Waals surface area contributed by atoms with E-state index in [1.165, 1.54) is 5.56 Å². The Morgan fingerprint density at radius 3 is 2.44 bits per heavy atom. The summed E-state index contributed by atoms with van der Waals surface area (Å²) in [5.41, 5.74) is 3.95. The maximum atomic E-state index is 6.64. The number of pyridine rings is 1. The zero-order valence-corrected chi connectivity index (χ0v) is 20.8. The number of nitrogens with zero attached hydrogens (tertiary/aromatic N) is 4. The van der Waals surface area contributed by atoms with E-state index in [0.29, 0.717) is 23.1 Å². The predicted octanol–water partition coefficient (Wildman–Crippen LogP) is 6.05. The molecule has 178 valence electrons. The molecule has 6 nitrogen and oxygen atoms in total. The fourth-order valence-corrected chi connectivity index (χ4v) is 4.56. The first-order chi connectivity index (χ1) is 16.6. The fourth-order valence-electron chi connectivity index (χ4n) is 4.18. The molecule has 4 rings (SSSR count). The second kappa shape index (κ2) is 11.6. The molecule has 0 atom stereocenters. The second-order valence-electron chi connectivity index (χ2n) is 8.25. The topological polar surface area (TPSA) is 53.0 Å². The minimum Gasteiger partial charge on any atom is -0.497 e. The first-order valence-electron chi connectivity index (χ1n) is 11.3. The van der Waals surface area contributed by atoms with Crippen LogP contribution in [0.2, 0.25) is 10.0 Å². The van der Waals surface area contributed by atoms with Gasteiger partial charge in [-0.3, -0.25) is 9.89 Å². The minimum absolute atomic E-state index is 0.587. The molecule has 1 aliphatic rings. The summed E-state index contributed by atoms with van der Waals surface area (Å²) < 4.78 is 5.24. The zero-order chi connectivity index (χ0) is 23.9. The molecule has 2 aromatic carbocycles. The number of nitrogens with one attached hydrogen (secondary N) is 1. The van der Waals surface area contributed by atoms with Crippen molar-refractivity contribution in [3.05, 3.63) is 75.9 Å². The summed E-state index contributed by atoms with van der Waals surface area (Å²) in [5, 5.41) is 4.74. The second-order valence-corrected chi connectivity index (χ2v) is 9.10. The summed E-state index contributed by atoms with van der Waals surface area (Å²) >= 11 is 12.7. The highest BCUT2D eigenvalue weighted by Crippen LogP contribution is 2.40. The molecule has 3 aromatic rings. The number of aliphatic imine (C=N–C) groups is 1. The lowest BCUT2D eigenvalue weighted by Crippen LogP contribution is -2.30. The van der Waals surface area contributed by atoms with Crippen LogP contribution in [0.3, 0.4) is 0 Å². The van der Waals surface area contributed by atoms with Crippen LogP contribution in [-0.4, -0.2) is 49.9 Å². The number of methoxy groups -OCH3 is 1. The van der Waals surface area contributed by atoms with E-state index < -0.39 is 0 Å². The van der Waals surface area contributed by atoms with Gasteiger partial charge in [0.05, 0.1) is 24.0 Å². The minimum atomic E-state index is 0.587. The third-order valence-corrected chi connectivity index (χ3v) is 6.51. The molecule has 8 heteroatoms. The van der Waals surface area contributed by atoms with E-state index in [-0.39, 0.29) is 0 Å². The van der Waals surface area contributed by atoms with Crippen LogP contribution in [0.1, 0.15) is 17.5 Å². The van der Waals surface area contributed by atoms with Crippen LogP contribution in [0.4, 0.5) is 17.2 Å². The Labute approximate surface area is 211 Å². The van der Waals surface area contributed by atoms with Gasteiger partial charge in [-0.1, -0.05) is 47.5 Å². The Balaban J connectivity index is 1.46. The molecular weight excluding hydrogens is 469 g/mol. The maximum absolute atomic E-state index is 6.64. The van der Waals surface area contributed by atoms with Gasteiger partial charge in [-0.05, 0) is 48.5 Å². The van der Waals surface area contributed by atoms with Crippen molar-refractivity contribution in [2.75, 3.05) is 43.5 Å². The summed E-state index contributed by atoms with van der Waals surface area (Å²) in [5.74, 6) is 1.50. The van der Waals surface area contributed by atoms with Crippen LogP contribution in [0.15, 0.2) is 59.7 Å². The smallest absolute Gasteiger partial charge is 0.154 e. The van der Waals surface area contributed by atoms with Crippen molar-refractivity contribution in [1.82, 2.24) is 9.88 Å². The first-order valence-corrected chi connectivity index (χ1v) is 12.1. The first kappa shape index (κ1) is 24.3. The Morgan fingerprint density at radius 2 is 1.74 bits per heavy atom. The van der Waals surface area contributed by atoms with Gasteiger partial charge in [0.25, 0.3) is 0 Å². The molecule has 1 aliphatic heterocycles. The Morgan fingerprint density at radius 1 is 1.00 bits per heavy atom. The van der Waals surface area contributed by atoms with Crippen molar-refractivity contribution in [2.45, 2.75) is 19.5 Å². The summed E-state index contributed by atoms with van der Waals surface area (Å²) in [7, 11) is 1.66. The van der Waals surface area contributed by atoms with Gasteiger partial charge in [0.15, 0.2) is 5.82 Å². The third-order valence-electron chi connectivity index (χ3n) is 5.98. The Kier molecular flexibility index (Phi) is 8.27. The lowest BCUT2D eigenvalue weighted by molar-refractivity contribution is 0.285. The largest absolute Gasteiger partial charge is 0.497 e. The van der Waals surface area contributed by atoms with Crippen molar-refractivity contribution in [2.24, 2.45) is 4.99 Å². The molecule has 1 saturated heterocycles. The number of hydrogen-bond acceptors (Lipinski definition) is 6. The molecule has 0 amide bonds. The standard InChI is InChI=1S/C26H29Cl2N5O/c1-29-24-25(23(28)17-31-26(24)30-16-19-6-10-22(34-2)11-7-19)33-13-3-12-32(14-15-33)18-20-4-8-21(27)9-5-20/h4-11,17H,1,3,12-16,18H2,2H3,(H,30,31). The molecule has 0 unspecified atom stereocenters. The van der Waals surface area contributed by atoms with Gasteiger partial charge < -0.3 is 15.0 Å². The molecule has 34 heavy (non-hydrogen) atoms. The zero-order valence-electron chi connectivity index (χ0n) is 19.3. The molecule has 1 N–H and O–H groups in total. The summed E-state index contributed by atoms with van der Waals surface area (Å²) in [6.45, 7) is 8.99. The summed E-state index contributed by atoms with van der Waals surface area (Å²) in [6.07, 6.45) is 2.72. The Bertz CT molecular complexity index is 1110.